The molecule has 0 aromatic carbocycles. The van der Waals surface area contributed by atoms with E-state index in [1.54, 1.807) is 0 Å². The van der Waals surface area contributed by atoms with E-state index in [-0.39, 0.29) is 12.1 Å². The Morgan fingerprint density at radius 2 is 2.56 bits per heavy atom. The molecule has 1 aliphatic rings. The van der Waals surface area contributed by atoms with Crippen molar-refractivity contribution in [1.29, 1.82) is 0 Å². The lowest BCUT2D eigenvalue weighted by atomic mass is 10.1. The van der Waals surface area contributed by atoms with Crippen LogP contribution >= 0.6 is 0 Å². The van der Waals surface area contributed by atoms with E-state index in [4.69, 9.17) is 4.74 Å². The Labute approximate surface area is 58.0 Å². The van der Waals surface area contributed by atoms with Gasteiger partial charge in [0, 0.05) is 16.2 Å². The molecule has 0 spiro atoms. The highest BCUT2D eigenvalue weighted by Crippen LogP contribution is 2.23. The summed E-state index contributed by atoms with van der Waals surface area (Å²) in [6.45, 7) is 1.98. The lowest BCUT2D eigenvalue weighted by molar-refractivity contribution is -0.140. The molecule has 0 radical (unpaired) electrons. The Hall–Kier alpha value is -0.313. The van der Waals surface area contributed by atoms with Crippen molar-refractivity contribution >= 4 is 16.2 Å². The van der Waals surface area contributed by atoms with Gasteiger partial charge in [-0.25, -0.2) is 0 Å². The van der Waals surface area contributed by atoms with Gasteiger partial charge in [0.15, 0.2) is 0 Å². The molecule has 9 heavy (non-hydrogen) atoms. The number of hydrogen-bond donors (Lipinski definition) is 0. The predicted molar refractivity (Wildman–Crippen MR) is 38.4 cm³/mol. The molecule has 3 heteroatoms. The van der Waals surface area contributed by atoms with Crippen LogP contribution < -0.4 is 0 Å². The average molecular weight is 144 g/mol. The summed E-state index contributed by atoms with van der Waals surface area (Å²) in [5, 5.41) is 0. The third-order valence-electron chi connectivity index (χ3n) is 1.93. The van der Waals surface area contributed by atoms with E-state index in [9.17, 15) is 4.79 Å². The van der Waals surface area contributed by atoms with Crippen molar-refractivity contribution in [3.8, 4) is 0 Å². The first-order chi connectivity index (χ1) is 4.24. The van der Waals surface area contributed by atoms with Gasteiger partial charge in [-0.15, -0.1) is 0 Å². The summed E-state index contributed by atoms with van der Waals surface area (Å²) in [5.41, 5.74) is 0. The third-order valence-corrected chi connectivity index (χ3v) is 2.98. The fraction of sp³-hybridized carbons (Fsp3) is 0.833. The zero-order chi connectivity index (χ0) is 6.85. The number of ether oxygens (including phenoxy) is 1. The number of rotatable bonds is 1. The van der Waals surface area contributed by atoms with Crippen molar-refractivity contribution in [3.63, 3.8) is 0 Å². The van der Waals surface area contributed by atoms with E-state index in [0.29, 0.717) is 12.3 Å². The second-order valence-corrected chi connectivity index (χ2v) is 3.38. The highest BCUT2D eigenvalue weighted by atomic mass is 28.1. The monoisotopic (exact) mass is 144 g/mol. The van der Waals surface area contributed by atoms with Crippen LogP contribution in [-0.4, -0.2) is 22.3 Å². The quantitative estimate of drug-likeness (QED) is 0.374. The molecular formula is C6H12O2Si. The standard InChI is InChI=1S/C6H12O2Si/c1-4-5(3-9)2-6(7)8-4/h4-5H,2-3H2,1,9H3. The fourth-order valence-electron chi connectivity index (χ4n) is 1.21. The molecule has 1 aliphatic heterocycles. The van der Waals surface area contributed by atoms with Crippen LogP contribution in [0.3, 0.4) is 0 Å². The molecule has 1 rings (SSSR count). The molecule has 1 fully saturated rings. The third kappa shape index (κ3) is 1.33. The average Bonchev–Trinajstić information content (AvgIpc) is 2.10. The van der Waals surface area contributed by atoms with Gasteiger partial charge in [-0.05, 0) is 6.92 Å². The lowest BCUT2D eigenvalue weighted by Crippen LogP contribution is -2.09. The molecule has 2 atom stereocenters. The number of carbonyl (C=O) groups excluding carboxylic acids is 1. The van der Waals surface area contributed by atoms with Crippen molar-refractivity contribution < 1.29 is 9.53 Å². The second kappa shape index (κ2) is 2.52. The molecule has 0 bridgehead atoms. The number of carbonyl (C=O) groups is 1. The van der Waals surface area contributed by atoms with Gasteiger partial charge in [-0.3, -0.25) is 4.79 Å². The van der Waals surface area contributed by atoms with E-state index >= 15 is 0 Å². The van der Waals surface area contributed by atoms with Crippen LogP contribution in [-0.2, 0) is 9.53 Å². The summed E-state index contributed by atoms with van der Waals surface area (Å²) in [5.74, 6) is 0.521. The van der Waals surface area contributed by atoms with Gasteiger partial charge in [0.1, 0.15) is 6.10 Å². The zero-order valence-corrected chi connectivity index (χ0v) is 7.89. The minimum absolute atomic E-state index is 0.0108. The molecule has 52 valence electrons. The van der Waals surface area contributed by atoms with Gasteiger partial charge in [0.25, 0.3) is 0 Å². The van der Waals surface area contributed by atoms with Crippen molar-refractivity contribution in [1.82, 2.24) is 0 Å². The number of cyclic esters (lactones) is 1. The Bertz CT molecular complexity index is 124. The maximum Gasteiger partial charge on any atom is 0.306 e. The molecule has 0 saturated carbocycles. The van der Waals surface area contributed by atoms with Crippen LogP contribution in [0.5, 0.6) is 0 Å². The first-order valence-electron chi connectivity index (χ1n) is 3.43. The maximum absolute atomic E-state index is 10.6. The number of hydrogen-bond acceptors (Lipinski definition) is 2. The lowest BCUT2D eigenvalue weighted by Gasteiger charge is -2.07. The summed E-state index contributed by atoms with van der Waals surface area (Å²) in [6.07, 6.45) is 0.847. The summed E-state index contributed by atoms with van der Waals surface area (Å²) in [7, 11) is 1.18. The van der Waals surface area contributed by atoms with Gasteiger partial charge in [0.05, 0.1) is 6.42 Å². The summed E-state index contributed by atoms with van der Waals surface area (Å²) in [6, 6.07) is 1.19. The fourth-order valence-corrected chi connectivity index (χ4v) is 2.16. The van der Waals surface area contributed by atoms with Crippen LogP contribution in [0, 0.1) is 5.92 Å². The molecule has 2 nitrogen and oxygen atoms in total. The normalized spacial score (nSPS) is 35.0. The Morgan fingerprint density at radius 3 is 2.78 bits per heavy atom. The van der Waals surface area contributed by atoms with Crippen LogP contribution in [0.25, 0.3) is 0 Å². The Balaban J connectivity index is 2.47. The van der Waals surface area contributed by atoms with Gasteiger partial charge in [-0.1, -0.05) is 6.04 Å². The maximum atomic E-state index is 10.6. The number of esters is 1. The molecule has 0 aliphatic carbocycles. The first-order valence-corrected chi connectivity index (χ1v) is 4.85. The smallest absolute Gasteiger partial charge is 0.306 e. The first kappa shape index (κ1) is 6.80. The molecule has 0 amide bonds. The van der Waals surface area contributed by atoms with E-state index in [0.717, 1.165) is 0 Å². The van der Waals surface area contributed by atoms with Gasteiger partial charge >= 0.3 is 5.97 Å². The summed E-state index contributed by atoms with van der Waals surface area (Å²) >= 11 is 0. The summed E-state index contributed by atoms with van der Waals surface area (Å²) in [4.78, 5) is 10.6. The summed E-state index contributed by atoms with van der Waals surface area (Å²) < 4.78 is 4.95. The Morgan fingerprint density at radius 1 is 1.89 bits per heavy atom. The van der Waals surface area contributed by atoms with E-state index in [1.807, 2.05) is 6.92 Å². The van der Waals surface area contributed by atoms with Crippen molar-refractivity contribution in [2.75, 3.05) is 0 Å². The molecule has 1 saturated heterocycles. The van der Waals surface area contributed by atoms with Crippen LogP contribution in [0.1, 0.15) is 13.3 Å². The molecule has 0 aromatic heterocycles. The molecule has 1 heterocycles. The zero-order valence-electron chi connectivity index (χ0n) is 5.89. The van der Waals surface area contributed by atoms with Crippen molar-refractivity contribution in [2.45, 2.75) is 25.5 Å². The minimum atomic E-state index is -0.0108. The van der Waals surface area contributed by atoms with E-state index in [2.05, 4.69) is 0 Å². The van der Waals surface area contributed by atoms with Crippen LogP contribution in [0.4, 0.5) is 0 Å². The SMILES string of the molecule is CC1OC(=O)CC1C[SiH3]. The second-order valence-electron chi connectivity index (χ2n) is 2.57. The molecule has 2 unspecified atom stereocenters. The largest absolute Gasteiger partial charge is 0.462 e. The van der Waals surface area contributed by atoms with Crippen molar-refractivity contribution in [2.24, 2.45) is 5.92 Å². The highest BCUT2D eigenvalue weighted by Gasteiger charge is 2.29. The van der Waals surface area contributed by atoms with E-state index in [1.165, 1.54) is 16.3 Å². The van der Waals surface area contributed by atoms with Gasteiger partial charge in [0.2, 0.25) is 0 Å². The van der Waals surface area contributed by atoms with E-state index < -0.39 is 0 Å². The molecule has 0 N–H and O–H groups in total. The predicted octanol–water partition coefficient (Wildman–Crippen LogP) is -0.278. The molecule has 0 aromatic rings. The highest BCUT2D eigenvalue weighted by molar-refractivity contribution is 6.08. The van der Waals surface area contributed by atoms with Gasteiger partial charge < -0.3 is 4.74 Å². The topological polar surface area (TPSA) is 26.3 Å². The minimum Gasteiger partial charge on any atom is -0.462 e. The van der Waals surface area contributed by atoms with Gasteiger partial charge in [-0.2, -0.15) is 0 Å². The van der Waals surface area contributed by atoms with Crippen LogP contribution in [0.15, 0.2) is 0 Å². The van der Waals surface area contributed by atoms with Crippen LogP contribution in [0.2, 0.25) is 6.04 Å². The van der Waals surface area contributed by atoms with Crippen molar-refractivity contribution in [3.05, 3.63) is 0 Å². The Kier molecular flexibility index (Phi) is 1.90. The molecular weight excluding hydrogens is 132 g/mol.